The van der Waals surface area contributed by atoms with Gasteiger partial charge in [0.15, 0.2) is 5.82 Å². The zero-order valence-electron chi connectivity index (χ0n) is 19.9. The maximum absolute atomic E-state index is 13.4. The number of aliphatic imine (C=N–C) groups is 1. The summed E-state index contributed by atoms with van der Waals surface area (Å²) < 4.78 is 13.5. The SMILES string of the molecule is COc1ccccc1C1=NC2(CC2)c2nnc(C)n2-c2sc3c(c21)C[C@H](C(=O)N1CCOCC1)C3. The van der Waals surface area contributed by atoms with E-state index in [2.05, 4.69) is 20.8 Å². The topological polar surface area (TPSA) is 81.8 Å². The minimum atomic E-state index is -0.343. The Morgan fingerprint density at radius 3 is 2.74 bits per heavy atom. The molecular formula is C26H27N5O3S. The van der Waals surface area contributed by atoms with Crippen molar-refractivity contribution in [2.45, 2.75) is 38.1 Å². The highest BCUT2D eigenvalue weighted by Crippen LogP contribution is 2.54. The molecule has 7 rings (SSSR count). The fourth-order valence-electron chi connectivity index (χ4n) is 5.75. The van der Waals surface area contributed by atoms with Crippen molar-refractivity contribution >= 4 is 23.0 Å². The van der Waals surface area contributed by atoms with Crippen molar-refractivity contribution in [3.8, 4) is 10.8 Å². The molecule has 1 saturated carbocycles. The molecule has 180 valence electrons. The summed E-state index contributed by atoms with van der Waals surface area (Å²) in [4.78, 5) is 22.0. The van der Waals surface area contributed by atoms with E-state index in [0.29, 0.717) is 26.3 Å². The van der Waals surface area contributed by atoms with Crippen LogP contribution in [0.2, 0.25) is 0 Å². The first-order valence-electron chi connectivity index (χ1n) is 12.3. The van der Waals surface area contributed by atoms with Gasteiger partial charge in [0, 0.05) is 35.0 Å². The van der Waals surface area contributed by atoms with Gasteiger partial charge in [0.1, 0.15) is 22.1 Å². The quantitative estimate of drug-likeness (QED) is 0.565. The second-order valence-corrected chi connectivity index (χ2v) is 10.9. The molecule has 0 unspecified atom stereocenters. The summed E-state index contributed by atoms with van der Waals surface area (Å²) in [7, 11) is 1.71. The molecule has 1 aromatic carbocycles. The summed E-state index contributed by atoms with van der Waals surface area (Å²) in [5.74, 6) is 2.83. The Morgan fingerprint density at radius 1 is 1.17 bits per heavy atom. The van der Waals surface area contributed by atoms with Gasteiger partial charge in [-0.2, -0.15) is 0 Å². The third-order valence-electron chi connectivity index (χ3n) is 7.72. The average molecular weight is 490 g/mol. The zero-order chi connectivity index (χ0) is 23.7. The molecule has 1 atom stereocenters. The van der Waals surface area contributed by atoms with Crippen LogP contribution in [0, 0.1) is 12.8 Å². The van der Waals surface area contributed by atoms with Gasteiger partial charge < -0.3 is 14.4 Å². The number of benzene rings is 1. The van der Waals surface area contributed by atoms with Crippen molar-refractivity contribution in [3.63, 3.8) is 0 Å². The summed E-state index contributed by atoms with van der Waals surface area (Å²) in [5, 5.41) is 10.2. The van der Waals surface area contributed by atoms with E-state index < -0.39 is 0 Å². The van der Waals surface area contributed by atoms with E-state index in [1.165, 1.54) is 10.4 Å². The third-order valence-corrected chi connectivity index (χ3v) is 8.96. The van der Waals surface area contributed by atoms with E-state index in [0.717, 1.165) is 64.9 Å². The molecule has 0 radical (unpaired) electrons. The van der Waals surface area contributed by atoms with Gasteiger partial charge >= 0.3 is 0 Å². The van der Waals surface area contributed by atoms with Crippen LogP contribution >= 0.6 is 11.3 Å². The average Bonchev–Trinajstić information content (AvgIpc) is 3.23. The molecule has 8 nitrogen and oxygen atoms in total. The Labute approximate surface area is 207 Å². The summed E-state index contributed by atoms with van der Waals surface area (Å²) in [6.45, 7) is 4.62. The lowest BCUT2D eigenvalue weighted by atomic mass is 9.96. The molecule has 2 aromatic heterocycles. The largest absolute Gasteiger partial charge is 0.496 e. The van der Waals surface area contributed by atoms with Crippen LogP contribution in [0.4, 0.5) is 0 Å². The van der Waals surface area contributed by atoms with E-state index in [4.69, 9.17) is 14.5 Å². The lowest BCUT2D eigenvalue weighted by Crippen LogP contribution is -2.44. The van der Waals surface area contributed by atoms with Crippen LogP contribution in [0.15, 0.2) is 29.3 Å². The number of aromatic nitrogens is 3. The Kier molecular flexibility index (Phi) is 4.70. The lowest BCUT2D eigenvalue weighted by Gasteiger charge is -2.29. The first-order chi connectivity index (χ1) is 17.1. The van der Waals surface area contributed by atoms with Crippen LogP contribution < -0.4 is 4.74 Å². The molecule has 3 aromatic rings. The van der Waals surface area contributed by atoms with E-state index >= 15 is 0 Å². The smallest absolute Gasteiger partial charge is 0.226 e. The van der Waals surface area contributed by atoms with Gasteiger partial charge in [-0.05, 0) is 50.3 Å². The number of carbonyl (C=O) groups excluding carboxylic acids is 1. The number of carbonyl (C=O) groups is 1. The highest BCUT2D eigenvalue weighted by molar-refractivity contribution is 7.15. The van der Waals surface area contributed by atoms with Crippen molar-refractivity contribution in [2.24, 2.45) is 10.9 Å². The Balaban J connectivity index is 1.39. The number of para-hydroxylation sites is 1. The van der Waals surface area contributed by atoms with Crippen LogP contribution in [0.25, 0.3) is 5.00 Å². The molecule has 2 aliphatic heterocycles. The first-order valence-corrected chi connectivity index (χ1v) is 13.1. The molecule has 0 bridgehead atoms. The van der Waals surface area contributed by atoms with Crippen LogP contribution in [0.1, 0.15) is 46.1 Å². The highest BCUT2D eigenvalue weighted by Gasteiger charge is 2.52. The second-order valence-electron chi connectivity index (χ2n) is 9.83. The molecular weight excluding hydrogens is 462 g/mol. The summed E-state index contributed by atoms with van der Waals surface area (Å²) in [5.41, 5.74) is 3.97. The molecule has 1 spiro atoms. The van der Waals surface area contributed by atoms with E-state index in [1.807, 2.05) is 30.0 Å². The van der Waals surface area contributed by atoms with Gasteiger partial charge in [-0.15, -0.1) is 21.5 Å². The molecule has 1 saturated heterocycles. The van der Waals surface area contributed by atoms with Crippen molar-refractivity contribution in [3.05, 3.63) is 57.5 Å². The maximum atomic E-state index is 13.4. The predicted molar refractivity (Wildman–Crippen MR) is 132 cm³/mol. The summed E-state index contributed by atoms with van der Waals surface area (Å²) >= 11 is 1.77. The zero-order valence-corrected chi connectivity index (χ0v) is 20.7. The number of aryl methyl sites for hydroxylation is 1. The summed E-state index contributed by atoms with van der Waals surface area (Å²) in [6, 6.07) is 8.10. The molecule has 9 heteroatoms. The van der Waals surface area contributed by atoms with Gasteiger partial charge in [0.2, 0.25) is 5.91 Å². The maximum Gasteiger partial charge on any atom is 0.226 e. The Bertz CT molecular complexity index is 1380. The number of thiophene rings is 1. The normalized spacial score (nSPS) is 21.7. The Hall–Kier alpha value is -3.04. The minimum absolute atomic E-state index is 0.0295. The van der Waals surface area contributed by atoms with Gasteiger partial charge in [-0.1, -0.05) is 12.1 Å². The second kappa shape index (κ2) is 7.73. The van der Waals surface area contributed by atoms with E-state index in [1.54, 1.807) is 18.4 Å². The number of morpholine rings is 1. The molecule has 2 fully saturated rings. The van der Waals surface area contributed by atoms with Gasteiger partial charge in [0.25, 0.3) is 0 Å². The minimum Gasteiger partial charge on any atom is -0.496 e. The highest BCUT2D eigenvalue weighted by atomic mass is 32.1. The fraction of sp³-hybridized carbons (Fsp3) is 0.462. The number of ether oxygens (including phenoxy) is 2. The number of amides is 1. The van der Waals surface area contributed by atoms with E-state index in [-0.39, 0.29) is 17.4 Å². The van der Waals surface area contributed by atoms with Gasteiger partial charge in [-0.3, -0.25) is 14.4 Å². The first kappa shape index (κ1) is 21.3. The number of nitrogens with zero attached hydrogens (tertiary/aromatic N) is 5. The monoisotopic (exact) mass is 489 g/mol. The van der Waals surface area contributed by atoms with Crippen LogP contribution in [0.5, 0.6) is 5.75 Å². The molecule has 4 heterocycles. The van der Waals surface area contributed by atoms with Crippen LogP contribution in [0.3, 0.4) is 0 Å². The fourth-order valence-corrected chi connectivity index (χ4v) is 7.21. The van der Waals surface area contributed by atoms with Crippen molar-refractivity contribution in [1.29, 1.82) is 0 Å². The van der Waals surface area contributed by atoms with Crippen molar-refractivity contribution in [2.75, 3.05) is 33.4 Å². The molecule has 2 aliphatic carbocycles. The predicted octanol–water partition coefficient (Wildman–Crippen LogP) is 3.06. The van der Waals surface area contributed by atoms with E-state index in [9.17, 15) is 4.79 Å². The standard InChI is InChI=1S/C26H27N5O3S/c1-15-28-29-25-26(7-8-26)27-22(17-5-3-4-6-19(17)33-2)21-18-13-16(14-20(18)35-24(21)31(15)25)23(32)30-9-11-34-12-10-30/h3-6,16H,7-14H2,1-2H3/t16-/m0/s1. The summed E-state index contributed by atoms with van der Waals surface area (Å²) in [6.07, 6.45) is 3.41. The molecule has 4 aliphatic rings. The number of rotatable bonds is 3. The number of hydrogen-bond acceptors (Lipinski definition) is 7. The number of fused-ring (bicyclic) bond motifs is 6. The molecule has 1 amide bonds. The Morgan fingerprint density at radius 2 is 1.97 bits per heavy atom. The van der Waals surface area contributed by atoms with Crippen molar-refractivity contribution < 1.29 is 14.3 Å². The molecule has 35 heavy (non-hydrogen) atoms. The number of methoxy groups -OCH3 is 1. The van der Waals surface area contributed by atoms with Crippen LogP contribution in [-0.2, 0) is 27.9 Å². The third kappa shape index (κ3) is 3.14. The molecule has 0 N–H and O–H groups in total. The van der Waals surface area contributed by atoms with Crippen molar-refractivity contribution in [1.82, 2.24) is 19.7 Å². The number of hydrogen-bond donors (Lipinski definition) is 0. The van der Waals surface area contributed by atoms with Gasteiger partial charge in [0.05, 0.1) is 26.0 Å². The lowest BCUT2D eigenvalue weighted by molar-refractivity contribution is -0.139. The van der Waals surface area contributed by atoms with Gasteiger partial charge in [-0.25, -0.2) is 0 Å². The van der Waals surface area contributed by atoms with Crippen LogP contribution in [-0.4, -0.2) is 64.7 Å².